The molecule has 11 heteroatoms. The lowest BCUT2D eigenvalue weighted by molar-refractivity contribution is 0.120. The number of hydrogen-bond acceptors (Lipinski definition) is 10. The molecule has 1 fully saturated rings. The lowest BCUT2D eigenvalue weighted by Gasteiger charge is -2.26. The van der Waals surface area contributed by atoms with E-state index in [1.807, 2.05) is 4.90 Å². The highest BCUT2D eigenvalue weighted by Crippen LogP contribution is 2.39. The minimum Gasteiger partial charge on any atom is -0.493 e. The molecular weight excluding hydrogens is 464 g/mol. The molecule has 0 aliphatic carbocycles. The molecule has 0 unspecified atom stereocenters. The van der Waals surface area contributed by atoms with Crippen molar-refractivity contribution >= 4 is 15.7 Å². The molecule has 0 amide bonds. The molecule has 0 N–H and O–H groups in total. The van der Waals surface area contributed by atoms with Crippen LogP contribution in [0.4, 0.5) is 5.88 Å². The average Bonchev–Trinajstić information content (AvgIpc) is 3.35. The van der Waals surface area contributed by atoms with E-state index in [0.717, 1.165) is 0 Å². The predicted octanol–water partition coefficient (Wildman–Crippen LogP) is 2.80. The summed E-state index contributed by atoms with van der Waals surface area (Å²) in [6.45, 7) is 2.63. The molecule has 0 atom stereocenters. The number of anilines is 1. The van der Waals surface area contributed by atoms with Crippen molar-refractivity contribution in [2.75, 3.05) is 58.6 Å². The van der Waals surface area contributed by atoms with Crippen molar-refractivity contribution in [2.24, 2.45) is 0 Å². The van der Waals surface area contributed by atoms with Gasteiger partial charge in [-0.2, -0.15) is 4.98 Å². The smallest absolute Gasteiger partial charge is 0.236 e. The third kappa shape index (κ3) is 4.01. The van der Waals surface area contributed by atoms with Crippen LogP contribution < -0.4 is 23.8 Å². The van der Waals surface area contributed by atoms with Gasteiger partial charge in [-0.25, -0.2) is 8.42 Å². The highest BCUT2D eigenvalue weighted by atomic mass is 32.2. The monoisotopic (exact) mass is 488 g/mol. The SMILES string of the molecule is COc1ccc(-c2nc(S(=O)(=O)c3ccc4c(c3)OCCO4)c(N3CCOCC3)o2)cc1OC. The fourth-order valence-corrected chi connectivity index (χ4v) is 5.17. The predicted molar refractivity (Wildman–Crippen MR) is 121 cm³/mol. The Morgan fingerprint density at radius 1 is 0.882 bits per heavy atom. The first kappa shape index (κ1) is 22.4. The number of ether oxygens (including phenoxy) is 5. The summed E-state index contributed by atoms with van der Waals surface area (Å²) in [5.41, 5.74) is 0.552. The second kappa shape index (κ2) is 9.07. The Bertz CT molecular complexity index is 1300. The second-order valence-electron chi connectivity index (χ2n) is 7.61. The van der Waals surface area contributed by atoms with Crippen LogP contribution >= 0.6 is 0 Å². The molecule has 0 saturated carbocycles. The Morgan fingerprint density at radius 2 is 1.62 bits per heavy atom. The quantitative estimate of drug-likeness (QED) is 0.514. The first-order valence-electron chi connectivity index (χ1n) is 10.7. The van der Waals surface area contributed by atoms with Crippen LogP contribution in [0.3, 0.4) is 0 Å². The molecule has 0 radical (unpaired) electrons. The van der Waals surface area contributed by atoms with E-state index in [0.29, 0.717) is 68.1 Å². The van der Waals surface area contributed by atoms with Gasteiger partial charge in [0.05, 0.1) is 32.3 Å². The topological polar surface area (TPSA) is 110 Å². The highest BCUT2D eigenvalue weighted by Gasteiger charge is 2.33. The summed E-state index contributed by atoms with van der Waals surface area (Å²) in [4.78, 5) is 6.31. The fraction of sp³-hybridized carbons (Fsp3) is 0.348. The Balaban J connectivity index is 1.61. The molecule has 3 aromatic rings. The standard InChI is InChI=1S/C23H24N2O8S/c1-28-17-5-3-15(13-19(17)29-2)21-24-22(23(33-21)25-7-9-30-10-8-25)34(26,27)16-4-6-18-20(14-16)32-12-11-31-18/h3-6,13-14H,7-12H2,1-2H3. The van der Waals surface area contributed by atoms with Crippen molar-refractivity contribution in [1.29, 1.82) is 0 Å². The third-order valence-corrected chi connectivity index (χ3v) is 7.24. The van der Waals surface area contributed by atoms with Crippen LogP contribution in [0.5, 0.6) is 23.0 Å². The van der Waals surface area contributed by atoms with E-state index in [2.05, 4.69) is 4.98 Å². The Labute approximate surface area is 196 Å². The van der Waals surface area contributed by atoms with Crippen molar-refractivity contribution in [2.45, 2.75) is 9.92 Å². The van der Waals surface area contributed by atoms with Crippen LogP contribution in [-0.4, -0.2) is 67.1 Å². The number of benzene rings is 2. The molecule has 3 heterocycles. The Morgan fingerprint density at radius 3 is 2.35 bits per heavy atom. The van der Waals surface area contributed by atoms with Gasteiger partial charge in [-0.1, -0.05) is 0 Å². The highest BCUT2D eigenvalue weighted by molar-refractivity contribution is 7.91. The van der Waals surface area contributed by atoms with Crippen molar-refractivity contribution < 1.29 is 36.5 Å². The fourth-order valence-electron chi connectivity index (χ4n) is 3.83. The van der Waals surface area contributed by atoms with Gasteiger partial charge in [0.2, 0.25) is 26.6 Å². The Hall–Kier alpha value is -3.44. The number of aromatic nitrogens is 1. The number of sulfone groups is 1. The summed E-state index contributed by atoms with van der Waals surface area (Å²) in [5.74, 6) is 2.22. The zero-order valence-corrected chi connectivity index (χ0v) is 19.6. The molecule has 0 bridgehead atoms. The summed E-state index contributed by atoms with van der Waals surface area (Å²) < 4.78 is 60.7. The molecule has 2 aliphatic heterocycles. The van der Waals surface area contributed by atoms with E-state index in [-0.39, 0.29) is 21.7 Å². The van der Waals surface area contributed by atoms with Crippen LogP contribution in [0.25, 0.3) is 11.5 Å². The van der Waals surface area contributed by atoms with Crippen molar-refractivity contribution in [3.63, 3.8) is 0 Å². The number of hydrogen-bond donors (Lipinski definition) is 0. The summed E-state index contributed by atoms with van der Waals surface area (Å²) in [6.07, 6.45) is 0. The van der Waals surface area contributed by atoms with Gasteiger partial charge in [0.15, 0.2) is 23.0 Å². The molecule has 180 valence electrons. The number of nitrogens with zero attached hydrogens (tertiary/aromatic N) is 2. The maximum atomic E-state index is 13.7. The third-order valence-electron chi connectivity index (χ3n) is 5.59. The van der Waals surface area contributed by atoms with Crippen molar-refractivity contribution in [3.8, 4) is 34.5 Å². The van der Waals surface area contributed by atoms with Crippen molar-refractivity contribution in [1.82, 2.24) is 4.98 Å². The lowest BCUT2D eigenvalue weighted by Crippen LogP contribution is -2.36. The van der Waals surface area contributed by atoms with E-state index in [1.165, 1.54) is 26.4 Å². The number of morpholine rings is 1. The zero-order chi connectivity index (χ0) is 23.7. The minimum atomic E-state index is -4.05. The maximum Gasteiger partial charge on any atom is 0.236 e. The molecule has 5 rings (SSSR count). The van der Waals surface area contributed by atoms with Gasteiger partial charge >= 0.3 is 0 Å². The summed E-state index contributed by atoms with van der Waals surface area (Å²) in [7, 11) is -0.986. The molecule has 1 aromatic heterocycles. The summed E-state index contributed by atoms with van der Waals surface area (Å²) in [6, 6.07) is 9.66. The molecule has 2 aromatic carbocycles. The first-order chi connectivity index (χ1) is 16.5. The molecule has 0 spiro atoms. The largest absolute Gasteiger partial charge is 0.493 e. The van der Waals surface area contributed by atoms with Gasteiger partial charge in [-0.05, 0) is 30.3 Å². The normalized spacial score (nSPS) is 15.8. The average molecular weight is 489 g/mol. The molecular formula is C23H24N2O8S. The van der Waals surface area contributed by atoms with Gasteiger partial charge in [0.1, 0.15) is 13.2 Å². The number of fused-ring (bicyclic) bond motifs is 1. The summed E-state index contributed by atoms with van der Waals surface area (Å²) >= 11 is 0. The first-order valence-corrected chi connectivity index (χ1v) is 12.2. The molecule has 34 heavy (non-hydrogen) atoms. The number of oxazole rings is 1. The molecule has 2 aliphatic rings. The van der Waals surface area contributed by atoms with Crippen LogP contribution in [0.15, 0.2) is 50.7 Å². The van der Waals surface area contributed by atoms with E-state index in [4.69, 9.17) is 28.1 Å². The van der Waals surface area contributed by atoms with E-state index < -0.39 is 9.84 Å². The van der Waals surface area contributed by atoms with E-state index in [9.17, 15) is 8.42 Å². The second-order valence-corrected chi connectivity index (χ2v) is 9.47. The van der Waals surface area contributed by atoms with Crippen molar-refractivity contribution in [3.05, 3.63) is 36.4 Å². The molecule has 1 saturated heterocycles. The Kier molecular flexibility index (Phi) is 5.96. The van der Waals surface area contributed by atoms with Gasteiger partial charge in [-0.15, -0.1) is 0 Å². The maximum absolute atomic E-state index is 13.7. The van der Waals surface area contributed by atoms with Crippen LogP contribution in [-0.2, 0) is 14.6 Å². The van der Waals surface area contributed by atoms with Crippen LogP contribution in [0, 0.1) is 0 Å². The van der Waals surface area contributed by atoms with E-state index >= 15 is 0 Å². The van der Waals surface area contributed by atoms with Crippen LogP contribution in [0.1, 0.15) is 0 Å². The van der Waals surface area contributed by atoms with E-state index in [1.54, 1.807) is 24.3 Å². The van der Waals surface area contributed by atoms with Gasteiger partial charge in [0.25, 0.3) is 0 Å². The summed E-state index contributed by atoms with van der Waals surface area (Å²) in [5, 5.41) is -0.170. The van der Waals surface area contributed by atoms with Gasteiger partial charge < -0.3 is 33.0 Å². The van der Waals surface area contributed by atoms with Crippen LogP contribution in [0.2, 0.25) is 0 Å². The van der Waals surface area contributed by atoms with Gasteiger partial charge in [0, 0.05) is 24.7 Å². The lowest BCUT2D eigenvalue weighted by atomic mass is 10.2. The number of methoxy groups -OCH3 is 2. The minimum absolute atomic E-state index is 0.0402. The zero-order valence-electron chi connectivity index (χ0n) is 18.8. The van der Waals surface area contributed by atoms with Gasteiger partial charge in [-0.3, -0.25) is 0 Å². The number of rotatable bonds is 6. The molecule has 10 nitrogen and oxygen atoms in total.